The molecule has 7 heteroatoms. The van der Waals surface area contributed by atoms with Crippen molar-refractivity contribution in [2.24, 2.45) is 0 Å². The zero-order valence-electron chi connectivity index (χ0n) is 15.3. The second kappa shape index (κ2) is 7.47. The minimum Gasteiger partial charge on any atom is -0.384 e. The largest absolute Gasteiger partial charge is 0.384 e. The predicted molar refractivity (Wildman–Crippen MR) is 107 cm³/mol. The van der Waals surface area contributed by atoms with E-state index in [9.17, 15) is 5.26 Å². The summed E-state index contributed by atoms with van der Waals surface area (Å²) >= 11 is 0. The fraction of sp³-hybridized carbons (Fsp3) is 0.143. The summed E-state index contributed by atoms with van der Waals surface area (Å²) in [5.74, 6) is 0.867. The molecule has 3 heterocycles. The summed E-state index contributed by atoms with van der Waals surface area (Å²) in [5.41, 5.74) is 10.4. The van der Waals surface area contributed by atoms with E-state index in [2.05, 4.69) is 26.0 Å². The summed E-state index contributed by atoms with van der Waals surface area (Å²) in [4.78, 5) is 16.4. The van der Waals surface area contributed by atoms with Gasteiger partial charge in [-0.15, -0.1) is 0 Å². The normalized spacial score (nSPS) is 10.9. The lowest BCUT2D eigenvalue weighted by Gasteiger charge is -2.10. The smallest absolute Gasteiger partial charge is 0.142 e. The second-order valence-corrected chi connectivity index (χ2v) is 6.31. The van der Waals surface area contributed by atoms with E-state index in [1.165, 1.54) is 0 Å². The van der Waals surface area contributed by atoms with Gasteiger partial charge in [0.2, 0.25) is 0 Å². The molecule has 0 radical (unpaired) electrons. The zero-order chi connectivity index (χ0) is 19.5. The number of methoxy groups -OCH3 is 1. The Kier molecular flexibility index (Phi) is 4.70. The van der Waals surface area contributed by atoms with Crippen molar-refractivity contribution in [1.82, 2.24) is 19.9 Å². The summed E-state index contributed by atoms with van der Waals surface area (Å²) in [7, 11) is 1.64. The fourth-order valence-corrected chi connectivity index (χ4v) is 3.15. The van der Waals surface area contributed by atoms with Crippen LogP contribution in [-0.4, -0.2) is 33.7 Å². The Morgan fingerprint density at radius 3 is 2.71 bits per heavy atom. The van der Waals surface area contributed by atoms with Crippen LogP contribution in [0, 0.1) is 11.3 Å². The molecule has 7 nitrogen and oxygen atoms in total. The average Bonchev–Trinajstić information content (AvgIpc) is 3.16. The molecule has 0 fully saturated rings. The average molecular weight is 370 g/mol. The number of nitrogens with two attached hydrogens (primary N) is 1. The van der Waals surface area contributed by atoms with Crippen LogP contribution in [0.4, 0.5) is 5.82 Å². The molecule has 4 aromatic rings. The van der Waals surface area contributed by atoms with Crippen LogP contribution in [0.3, 0.4) is 0 Å². The van der Waals surface area contributed by atoms with Gasteiger partial charge in [-0.2, -0.15) is 5.26 Å². The van der Waals surface area contributed by atoms with E-state index in [0.717, 1.165) is 16.5 Å². The first-order valence-electron chi connectivity index (χ1n) is 8.78. The number of aromatic nitrogens is 4. The molecule has 4 rings (SSSR count). The van der Waals surface area contributed by atoms with Gasteiger partial charge < -0.3 is 15.5 Å². The van der Waals surface area contributed by atoms with Crippen LogP contribution < -0.4 is 5.73 Å². The maximum atomic E-state index is 9.59. The number of ether oxygens (including phenoxy) is 1. The molecule has 0 bridgehead atoms. The van der Waals surface area contributed by atoms with E-state index in [0.29, 0.717) is 41.2 Å². The molecule has 0 saturated carbocycles. The maximum absolute atomic E-state index is 9.59. The highest BCUT2D eigenvalue weighted by Crippen LogP contribution is 2.33. The molecule has 3 aromatic heterocycles. The number of hydrogen-bond acceptors (Lipinski definition) is 6. The topological polar surface area (TPSA) is 113 Å². The molecule has 28 heavy (non-hydrogen) atoms. The zero-order valence-corrected chi connectivity index (χ0v) is 15.3. The third-order valence-electron chi connectivity index (χ3n) is 4.57. The van der Waals surface area contributed by atoms with Gasteiger partial charge in [0.25, 0.3) is 0 Å². The van der Waals surface area contributed by atoms with E-state index in [-0.39, 0.29) is 5.82 Å². The third-order valence-corrected chi connectivity index (χ3v) is 4.57. The van der Waals surface area contributed by atoms with Gasteiger partial charge in [0.05, 0.1) is 12.3 Å². The van der Waals surface area contributed by atoms with Crippen LogP contribution >= 0.6 is 0 Å². The van der Waals surface area contributed by atoms with Gasteiger partial charge in [-0.25, -0.2) is 15.0 Å². The first-order valence-corrected chi connectivity index (χ1v) is 8.78. The lowest BCUT2D eigenvalue weighted by molar-refractivity contribution is 0.200. The van der Waals surface area contributed by atoms with Crippen LogP contribution in [0.5, 0.6) is 0 Å². The molecule has 0 amide bonds. The van der Waals surface area contributed by atoms with Crippen molar-refractivity contribution in [3.63, 3.8) is 0 Å². The van der Waals surface area contributed by atoms with Crippen molar-refractivity contribution in [3.8, 4) is 28.5 Å². The highest BCUT2D eigenvalue weighted by Gasteiger charge is 2.16. The first-order chi connectivity index (χ1) is 13.7. The number of pyridine rings is 1. The van der Waals surface area contributed by atoms with Crippen LogP contribution in [0.1, 0.15) is 11.4 Å². The van der Waals surface area contributed by atoms with E-state index in [4.69, 9.17) is 10.5 Å². The van der Waals surface area contributed by atoms with E-state index in [1.54, 1.807) is 19.5 Å². The van der Waals surface area contributed by atoms with Crippen molar-refractivity contribution >= 4 is 16.7 Å². The minimum absolute atomic E-state index is 0.184. The van der Waals surface area contributed by atoms with Gasteiger partial charge in [0.1, 0.15) is 23.3 Å². The molecule has 0 unspecified atom stereocenters. The van der Waals surface area contributed by atoms with Crippen LogP contribution in [0.25, 0.3) is 33.3 Å². The van der Waals surface area contributed by atoms with Gasteiger partial charge in [0, 0.05) is 59.7 Å². The van der Waals surface area contributed by atoms with Crippen molar-refractivity contribution < 1.29 is 4.74 Å². The quantitative estimate of drug-likeness (QED) is 0.557. The Labute approximate surface area is 161 Å². The molecule has 0 aliphatic carbocycles. The maximum Gasteiger partial charge on any atom is 0.142 e. The highest BCUT2D eigenvalue weighted by molar-refractivity contribution is 5.95. The fourth-order valence-electron chi connectivity index (χ4n) is 3.15. The molecule has 3 N–H and O–H groups in total. The number of rotatable bonds is 5. The first kappa shape index (κ1) is 17.6. The Morgan fingerprint density at radius 2 is 1.96 bits per heavy atom. The number of benzene rings is 1. The summed E-state index contributed by atoms with van der Waals surface area (Å²) in [6.07, 6.45) is 5.92. The SMILES string of the molecule is COCCc1ncc(-c2cc(-c3c[nH]c4ccccc34)nc(N)c2C#N)cn1. The molecule has 0 aliphatic rings. The van der Waals surface area contributed by atoms with Gasteiger partial charge >= 0.3 is 0 Å². The summed E-state index contributed by atoms with van der Waals surface area (Å²) in [6, 6.07) is 12.0. The molecule has 0 saturated heterocycles. The van der Waals surface area contributed by atoms with E-state index >= 15 is 0 Å². The van der Waals surface area contributed by atoms with Crippen molar-refractivity contribution in [2.45, 2.75) is 6.42 Å². The van der Waals surface area contributed by atoms with E-state index < -0.39 is 0 Å². The highest BCUT2D eigenvalue weighted by atomic mass is 16.5. The van der Waals surface area contributed by atoms with Gasteiger partial charge in [-0.05, 0) is 12.1 Å². The number of nitrogens with one attached hydrogen (secondary N) is 1. The van der Waals surface area contributed by atoms with Crippen molar-refractivity contribution in [2.75, 3.05) is 19.5 Å². The number of nitriles is 1. The summed E-state index contributed by atoms with van der Waals surface area (Å²) in [5, 5.41) is 10.6. The van der Waals surface area contributed by atoms with Crippen LogP contribution in [0.15, 0.2) is 48.9 Å². The Hall–Kier alpha value is -3.76. The van der Waals surface area contributed by atoms with Gasteiger partial charge in [0.15, 0.2) is 0 Å². The molecule has 0 atom stereocenters. The molecular formula is C21H18N6O. The molecule has 0 spiro atoms. The number of nitrogens with zero attached hydrogens (tertiary/aromatic N) is 4. The van der Waals surface area contributed by atoms with Crippen molar-refractivity contribution in [1.29, 1.82) is 5.26 Å². The number of aromatic amines is 1. The van der Waals surface area contributed by atoms with E-state index in [1.807, 2.05) is 36.5 Å². The Bertz CT molecular complexity index is 1170. The molecular weight excluding hydrogens is 352 g/mol. The Morgan fingerprint density at radius 1 is 1.18 bits per heavy atom. The van der Waals surface area contributed by atoms with Crippen molar-refractivity contribution in [3.05, 3.63) is 60.3 Å². The third kappa shape index (κ3) is 3.17. The number of hydrogen-bond donors (Lipinski definition) is 2. The lowest BCUT2D eigenvalue weighted by Crippen LogP contribution is -2.02. The monoisotopic (exact) mass is 370 g/mol. The standard InChI is InChI=1S/C21H18N6O/c1-28-7-6-20-25-10-13(11-26-20)15-8-19(27-21(23)16(15)9-22)17-12-24-18-5-3-2-4-14(17)18/h2-5,8,10-12,24H,6-7H2,1H3,(H2,23,27). The van der Waals surface area contributed by atoms with Crippen LogP contribution in [-0.2, 0) is 11.2 Å². The molecule has 0 aliphatic heterocycles. The van der Waals surface area contributed by atoms with Crippen LogP contribution in [0.2, 0.25) is 0 Å². The number of fused-ring (bicyclic) bond motifs is 1. The number of H-pyrrole nitrogens is 1. The Balaban J connectivity index is 1.82. The number of para-hydroxylation sites is 1. The lowest BCUT2D eigenvalue weighted by atomic mass is 10.0. The second-order valence-electron chi connectivity index (χ2n) is 6.31. The predicted octanol–water partition coefficient (Wildman–Crippen LogP) is 3.33. The molecule has 1 aromatic carbocycles. The van der Waals surface area contributed by atoms with Gasteiger partial charge in [-0.1, -0.05) is 18.2 Å². The summed E-state index contributed by atoms with van der Waals surface area (Å²) < 4.78 is 5.05. The summed E-state index contributed by atoms with van der Waals surface area (Å²) in [6.45, 7) is 0.551. The number of anilines is 1. The minimum atomic E-state index is 0.184. The number of nitrogen functional groups attached to an aromatic ring is 1. The molecule has 138 valence electrons. The van der Waals surface area contributed by atoms with Gasteiger partial charge in [-0.3, -0.25) is 0 Å².